The molecule has 8 heteroatoms. The molecule has 2 rings (SSSR count). The third-order valence-electron chi connectivity index (χ3n) is 2.86. The molecule has 110 valence electrons. The second kappa shape index (κ2) is 5.68. The summed E-state index contributed by atoms with van der Waals surface area (Å²) in [7, 11) is -2.48. The molecule has 0 atom stereocenters. The van der Waals surface area contributed by atoms with Crippen LogP contribution in [0.5, 0.6) is 11.5 Å². The van der Waals surface area contributed by atoms with Crippen LogP contribution in [0.2, 0.25) is 0 Å². The number of hydrogen-bond acceptors (Lipinski definition) is 5. The second-order valence-corrected chi connectivity index (χ2v) is 6.26. The molecule has 0 aliphatic carbocycles. The first kappa shape index (κ1) is 14.6. The molecule has 20 heavy (non-hydrogen) atoms. The van der Waals surface area contributed by atoms with E-state index in [-0.39, 0.29) is 30.2 Å². The van der Waals surface area contributed by atoms with Gasteiger partial charge in [-0.15, -0.1) is 0 Å². The Labute approximate surface area is 116 Å². The molecule has 1 N–H and O–H groups in total. The Hall–Kier alpha value is -1.80. The number of benzene rings is 1. The highest BCUT2D eigenvalue weighted by molar-refractivity contribution is 7.89. The molecule has 0 aromatic heterocycles. The van der Waals surface area contributed by atoms with Crippen molar-refractivity contribution in [3.63, 3.8) is 0 Å². The second-order valence-electron chi connectivity index (χ2n) is 4.25. The lowest BCUT2D eigenvalue weighted by atomic mass is 10.3. The number of fused-ring (bicyclic) bond motifs is 1. The molecule has 0 amide bonds. The van der Waals surface area contributed by atoms with Crippen LogP contribution >= 0.6 is 0 Å². The van der Waals surface area contributed by atoms with E-state index in [9.17, 15) is 13.2 Å². The first-order valence-electron chi connectivity index (χ1n) is 5.99. The maximum atomic E-state index is 12.4. The highest BCUT2D eigenvalue weighted by Gasteiger charge is 2.28. The van der Waals surface area contributed by atoms with Gasteiger partial charge in [0.25, 0.3) is 0 Å². The predicted molar refractivity (Wildman–Crippen MR) is 69.5 cm³/mol. The fourth-order valence-electron chi connectivity index (χ4n) is 1.79. The SMILES string of the molecule is CN(CCC(=O)O)S(=O)(=O)c1cccc2c1OCCO2. The fourth-order valence-corrected chi connectivity index (χ4v) is 3.10. The molecule has 0 radical (unpaired) electrons. The molecule has 0 fully saturated rings. The number of para-hydroxylation sites is 1. The van der Waals surface area contributed by atoms with Gasteiger partial charge in [0.2, 0.25) is 10.0 Å². The Morgan fingerprint density at radius 2 is 2.05 bits per heavy atom. The summed E-state index contributed by atoms with van der Waals surface area (Å²) in [6.07, 6.45) is -0.262. The van der Waals surface area contributed by atoms with Gasteiger partial charge >= 0.3 is 5.97 Å². The first-order valence-corrected chi connectivity index (χ1v) is 7.43. The van der Waals surface area contributed by atoms with E-state index in [0.29, 0.717) is 12.4 Å². The van der Waals surface area contributed by atoms with E-state index in [2.05, 4.69) is 0 Å². The third-order valence-corrected chi connectivity index (χ3v) is 4.74. The number of ether oxygens (including phenoxy) is 2. The molecule has 1 aliphatic rings. The number of sulfonamides is 1. The van der Waals surface area contributed by atoms with Gasteiger partial charge in [0.05, 0.1) is 6.42 Å². The molecule has 1 heterocycles. The number of carboxylic acid groups (broad SMARTS) is 1. The fraction of sp³-hybridized carbons (Fsp3) is 0.417. The van der Waals surface area contributed by atoms with E-state index in [1.807, 2.05) is 0 Å². The molecule has 1 aliphatic heterocycles. The number of carbonyl (C=O) groups is 1. The normalized spacial score (nSPS) is 14.3. The molecular formula is C12H15NO6S. The van der Waals surface area contributed by atoms with Gasteiger partial charge in [-0.25, -0.2) is 12.7 Å². The monoisotopic (exact) mass is 301 g/mol. The minimum Gasteiger partial charge on any atom is -0.486 e. The molecule has 1 aromatic carbocycles. The summed E-state index contributed by atoms with van der Waals surface area (Å²) in [5.74, 6) is -0.494. The molecule has 0 unspecified atom stereocenters. The quantitative estimate of drug-likeness (QED) is 0.854. The summed E-state index contributed by atoms with van der Waals surface area (Å²) in [6, 6.07) is 4.61. The van der Waals surface area contributed by atoms with Crippen LogP contribution < -0.4 is 9.47 Å². The summed E-state index contributed by atoms with van der Waals surface area (Å²) in [4.78, 5) is 10.5. The zero-order valence-corrected chi connectivity index (χ0v) is 11.7. The van der Waals surface area contributed by atoms with Gasteiger partial charge in [-0.2, -0.15) is 0 Å². The van der Waals surface area contributed by atoms with E-state index in [1.165, 1.54) is 13.1 Å². The lowest BCUT2D eigenvalue weighted by Gasteiger charge is -2.23. The summed E-state index contributed by atoms with van der Waals surface area (Å²) in [5, 5.41) is 8.62. The zero-order valence-electron chi connectivity index (χ0n) is 10.9. The minimum atomic E-state index is -3.81. The average Bonchev–Trinajstić information content (AvgIpc) is 2.43. The Morgan fingerprint density at radius 1 is 1.35 bits per heavy atom. The Kier molecular flexibility index (Phi) is 4.15. The maximum Gasteiger partial charge on any atom is 0.304 e. The Bertz CT molecular complexity index is 612. The van der Waals surface area contributed by atoms with E-state index < -0.39 is 16.0 Å². The van der Waals surface area contributed by atoms with Gasteiger partial charge in [0.15, 0.2) is 11.5 Å². The van der Waals surface area contributed by atoms with Crippen molar-refractivity contribution in [1.82, 2.24) is 4.31 Å². The molecule has 0 bridgehead atoms. The van der Waals surface area contributed by atoms with Crippen molar-refractivity contribution in [2.24, 2.45) is 0 Å². The molecular weight excluding hydrogens is 286 g/mol. The van der Waals surface area contributed by atoms with Crippen LogP contribution in [0, 0.1) is 0 Å². The number of hydrogen-bond donors (Lipinski definition) is 1. The van der Waals surface area contributed by atoms with Crippen LogP contribution in [0.15, 0.2) is 23.1 Å². The number of nitrogens with zero attached hydrogens (tertiary/aromatic N) is 1. The van der Waals surface area contributed by atoms with Gasteiger partial charge in [0.1, 0.15) is 18.1 Å². The van der Waals surface area contributed by atoms with Crippen molar-refractivity contribution in [2.75, 3.05) is 26.8 Å². The molecule has 0 saturated heterocycles. The number of rotatable bonds is 5. The third kappa shape index (κ3) is 2.86. The van der Waals surface area contributed by atoms with Crippen molar-refractivity contribution >= 4 is 16.0 Å². The predicted octanol–water partition coefficient (Wildman–Crippen LogP) is 0.553. The molecule has 0 saturated carbocycles. The number of carboxylic acids is 1. The standard InChI is InChI=1S/C12H15NO6S/c1-13(6-5-11(14)15)20(16,17)10-4-2-3-9-12(10)19-8-7-18-9/h2-4H,5-8H2,1H3,(H,14,15). The van der Waals surface area contributed by atoms with Crippen LogP contribution in [0.1, 0.15) is 6.42 Å². The van der Waals surface area contributed by atoms with Crippen molar-refractivity contribution in [2.45, 2.75) is 11.3 Å². The van der Waals surface area contributed by atoms with Crippen LogP contribution in [-0.2, 0) is 14.8 Å². The van der Waals surface area contributed by atoms with Gasteiger partial charge < -0.3 is 14.6 Å². The van der Waals surface area contributed by atoms with E-state index in [0.717, 1.165) is 4.31 Å². The van der Waals surface area contributed by atoms with Crippen LogP contribution in [0.4, 0.5) is 0 Å². The van der Waals surface area contributed by atoms with Crippen LogP contribution in [-0.4, -0.2) is 50.6 Å². The van der Waals surface area contributed by atoms with Gasteiger partial charge in [-0.1, -0.05) is 6.07 Å². The summed E-state index contributed by atoms with van der Waals surface area (Å²) >= 11 is 0. The molecule has 0 spiro atoms. The average molecular weight is 301 g/mol. The van der Waals surface area contributed by atoms with Crippen LogP contribution in [0.3, 0.4) is 0 Å². The molecule has 7 nitrogen and oxygen atoms in total. The topological polar surface area (TPSA) is 93.1 Å². The van der Waals surface area contributed by atoms with E-state index in [1.54, 1.807) is 12.1 Å². The lowest BCUT2D eigenvalue weighted by molar-refractivity contribution is -0.137. The van der Waals surface area contributed by atoms with E-state index in [4.69, 9.17) is 14.6 Å². The van der Waals surface area contributed by atoms with Crippen LogP contribution in [0.25, 0.3) is 0 Å². The van der Waals surface area contributed by atoms with E-state index >= 15 is 0 Å². The smallest absolute Gasteiger partial charge is 0.304 e. The maximum absolute atomic E-state index is 12.4. The van der Waals surface area contributed by atoms with Crippen molar-refractivity contribution in [3.8, 4) is 11.5 Å². The number of aliphatic carboxylic acids is 1. The Morgan fingerprint density at radius 3 is 2.75 bits per heavy atom. The van der Waals surface area contributed by atoms with Crippen molar-refractivity contribution < 1.29 is 27.8 Å². The first-order chi connectivity index (χ1) is 9.43. The van der Waals surface area contributed by atoms with Crippen molar-refractivity contribution in [1.29, 1.82) is 0 Å². The summed E-state index contributed by atoms with van der Waals surface area (Å²) in [5.41, 5.74) is 0. The highest BCUT2D eigenvalue weighted by atomic mass is 32.2. The van der Waals surface area contributed by atoms with Crippen molar-refractivity contribution in [3.05, 3.63) is 18.2 Å². The summed E-state index contributed by atoms with van der Waals surface area (Å²) < 4.78 is 36.5. The zero-order chi connectivity index (χ0) is 14.8. The van der Waals surface area contributed by atoms with Gasteiger partial charge in [-0.05, 0) is 12.1 Å². The largest absolute Gasteiger partial charge is 0.486 e. The van der Waals surface area contributed by atoms with Gasteiger partial charge in [-0.3, -0.25) is 4.79 Å². The lowest BCUT2D eigenvalue weighted by Crippen LogP contribution is -2.30. The summed E-state index contributed by atoms with van der Waals surface area (Å²) in [6.45, 7) is 0.534. The minimum absolute atomic E-state index is 0.0115. The molecule has 1 aromatic rings. The highest BCUT2D eigenvalue weighted by Crippen LogP contribution is 2.37. The Balaban J connectivity index is 2.32. The van der Waals surface area contributed by atoms with Gasteiger partial charge in [0, 0.05) is 13.6 Å².